The number of nitrogens with zero attached hydrogens (tertiary/aromatic N) is 2. The van der Waals surface area contributed by atoms with E-state index in [9.17, 15) is 0 Å². The smallest absolute Gasteiger partial charge is 0.128 e. The van der Waals surface area contributed by atoms with Gasteiger partial charge in [0, 0.05) is 31.9 Å². The zero-order valence-electron chi connectivity index (χ0n) is 13.6. The number of ether oxygens (including phenoxy) is 1. The Kier molecular flexibility index (Phi) is 6.46. The summed E-state index contributed by atoms with van der Waals surface area (Å²) in [5, 5.41) is 3.53. The average molecular weight is 291 g/mol. The molecule has 1 aliphatic heterocycles. The third-order valence-corrected chi connectivity index (χ3v) is 4.12. The first-order valence-electron chi connectivity index (χ1n) is 8.30. The molecule has 1 aliphatic rings. The van der Waals surface area contributed by atoms with E-state index >= 15 is 0 Å². The Morgan fingerprint density at radius 1 is 1.48 bits per heavy atom. The summed E-state index contributed by atoms with van der Waals surface area (Å²) in [5.74, 6) is 1.07. The number of rotatable bonds is 8. The number of pyridine rings is 1. The summed E-state index contributed by atoms with van der Waals surface area (Å²) in [4.78, 5) is 6.88. The van der Waals surface area contributed by atoms with Crippen LogP contribution in [-0.4, -0.2) is 37.3 Å². The minimum Gasteiger partial charge on any atom is -0.376 e. The quantitative estimate of drug-likeness (QED) is 0.798. The van der Waals surface area contributed by atoms with Crippen LogP contribution in [0, 0.1) is 0 Å². The van der Waals surface area contributed by atoms with Crippen LogP contribution in [0.3, 0.4) is 0 Å². The van der Waals surface area contributed by atoms with Crippen molar-refractivity contribution in [3.8, 4) is 0 Å². The Balaban J connectivity index is 2.02. The van der Waals surface area contributed by atoms with E-state index in [0.717, 1.165) is 38.5 Å². The average Bonchev–Trinajstić information content (AvgIpc) is 3.03. The van der Waals surface area contributed by atoms with Crippen LogP contribution in [-0.2, 0) is 4.74 Å². The van der Waals surface area contributed by atoms with Crippen molar-refractivity contribution in [2.24, 2.45) is 0 Å². The van der Waals surface area contributed by atoms with Crippen LogP contribution in [0.2, 0.25) is 0 Å². The summed E-state index contributed by atoms with van der Waals surface area (Å²) < 4.78 is 5.76. The third-order valence-electron chi connectivity index (χ3n) is 4.12. The first-order chi connectivity index (χ1) is 10.2. The molecule has 2 rings (SSSR count). The normalized spacial score (nSPS) is 19.7. The Hall–Kier alpha value is -1.13. The second kappa shape index (κ2) is 8.35. The van der Waals surface area contributed by atoms with Gasteiger partial charge in [-0.15, -0.1) is 0 Å². The van der Waals surface area contributed by atoms with E-state index in [4.69, 9.17) is 4.74 Å². The highest BCUT2D eigenvalue weighted by Crippen LogP contribution is 2.21. The Labute approximate surface area is 128 Å². The zero-order chi connectivity index (χ0) is 15.1. The number of aromatic nitrogens is 1. The van der Waals surface area contributed by atoms with Crippen LogP contribution in [0.1, 0.15) is 51.6 Å². The van der Waals surface area contributed by atoms with Gasteiger partial charge in [0.15, 0.2) is 0 Å². The van der Waals surface area contributed by atoms with Gasteiger partial charge in [-0.1, -0.05) is 6.92 Å². The highest BCUT2D eigenvalue weighted by molar-refractivity contribution is 5.42. The number of likely N-dealkylation sites (N-methyl/N-ethyl adjacent to an activating group) is 1. The summed E-state index contributed by atoms with van der Waals surface area (Å²) in [7, 11) is 0. The molecule has 21 heavy (non-hydrogen) atoms. The van der Waals surface area contributed by atoms with E-state index in [1.54, 1.807) is 0 Å². The molecule has 0 radical (unpaired) electrons. The lowest BCUT2D eigenvalue weighted by molar-refractivity contribution is 0.115. The molecule has 1 aromatic heterocycles. The summed E-state index contributed by atoms with van der Waals surface area (Å²) in [6, 6.07) is 4.69. The summed E-state index contributed by atoms with van der Waals surface area (Å²) >= 11 is 0. The number of anilines is 1. The highest BCUT2D eigenvalue weighted by atomic mass is 16.5. The lowest BCUT2D eigenvalue weighted by Gasteiger charge is -2.26. The maximum atomic E-state index is 5.76. The molecule has 1 fully saturated rings. The molecule has 1 aromatic rings. The summed E-state index contributed by atoms with van der Waals surface area (Å²) in [6.07, 6.45) is 5.80. The number of hydrogen-bond donors (Lipinski definition) is 1. The van der Waals surface area contributed by atoms with E-state index in [-0.39, 0.29) is 0 Å². The molecular weight excluding hydrogens is 262 g/mol. The molecule has 4 heteroatoms. The molecule has 4 nitrogen and oxygen atoms in total. The first-order valence-corrected chi connectivity index (χ1v) is 8.30. The second-order valence-electron chi connectivity index (χ2n) is 5.80. The molecule has 0 aromatic carbocycles. The van der Waals surface area contributed by atoms with Gasteiger partial charge in [-0.2, -0.15) is 0 Å². The minimum absolute atomic E-state index is 0.367. The maximum Gasteiger partial charge on any atom is 0.128 e. The van der Waals surface area contributed by atoms with E-state index < -0.39 is 0 Å². The van der Waals surface area contributed by atoms with E-state index in [1.807, 2.05) is 6.20 Å². The van der Waals surface area contributed by atoms with Crippen molar-refractivity contribution in [2.45, 2.75) is 52.2 Å². The second-order valence-corrected chi connectivity index (χ2v) is 5.80. The predicted molar refractivity (Wildman–Crippen MR) is 87.8 cm³/mol. The van der Waals surface area contributed by atoms with Gasteiger partial charge in [-0.25, -0.2) is 4.98 Å². The fourth-order valence-corrected chi connectivity index (χ4v) is 2.77. The molecule has 1 saturated heterocycles. The molecule has 0 bridgehead atoms. The van der Waals surface area contributed by atoms with Crippen LogP contribution < -0.4 is 10.2 Å². The molecular formula is C17H29N3O. The van der Waals surface area contributed by atoms with Crippen molar-refractivity contribution >= 4 is 5.82 Å². The van der Waals surface area contributed by atoms with Crippen LogP contribution >= 0.6 is 0 Å². The fraction of sp³-hybridized carbons (Fsp3) is 0.706. The Morgan fingerprint density at radius 2 is 2.33 bits per heavy atom. The molecule has 1 N–H and O–H groups in total. The minimum atomic E-state index is 0.367. The Bertz CT molecular complexity index is 418. The SMILES string of the molecule is CCCNC(C)c1ccnc(N(CC)CC2CCCO2)c1. The van der Waals surface area contributed by atoms with Crippen molar-refractivity contribution in [2.75, 3.05) is 31.1 Å². The van der Waals surface area contributed by atoms with Gasteiger partial charge in [0.1, 0.15) is 5.82 Å². The predicted octanol–water partition coefficient (Wildman–Crippen LogP) is 3.15. The zero-order valence-corrected chi connectivity index (χ0v) is 13.6. The van der Waals surface area contributed by atoms with Crippen molar-refractivity contribution < 1.29 is 4.74 Å². The van der Waals surface area contributed by atoms with Crippen molar-refractivity contribution in [1.82, 2.24) is 10.3 Å². The lowest BCUT2D eigenvalue weighted by Crippen LogP contribution is -2.32. The number of hydrogen-bond acceptors (Lipinski definition) is 4. The summed E-state index contributed by atoms with van der Waals surface area (Å²) in [5.41, 5.74) is 1.30. The van der Waals surface area contributed by atoms with Gasteiger partial charge >= 0.3 is 0 Å². The van der Waals surface area contributed by atoms with E-state index in [1.165, 1.54) is 18.4 Å². The maximum absolute atomic E-state index is 5.76. The van der Waals surface area contributed by atoms with Crippen LogP contribution in [0.25, 0.3) is 0 Å². The van der Waals surface area contributed by atoms with E-state index in [0.29, 0.717) is 12.1 Å². The van der Waals surface area contributed by atoms with Gasteiger partial charge in [0.25, 0.3) is 0 Å². The van der Waals surface area contributed by atoms with Crippen molar-refractivity contribution in [1.29, 1.82) is 0 Å². The van der Waals surface area contributed by atoms with Gasteiger partial charge in [-0.05, 0) is 57.4 Å². The van der Waals surface area contributed by atoms with Crippen LogP contribution in [0.15, 0.2) is 18.3 Å². The standard InChI is InChI=1S/C17H29N3O/c1-4-9-18-14(3)15-8-10-19-17(12-15)20(5-2)13-16-7-6-11-21-16/h8,10,12,14,16,18H,4-7,9,11,13H2,1-3H3. The molecule has 2 unspecified atom stereocenters. The fourth-order valence-electron chi connectivity index (χ4n) is 2.77. The molecule has 0 spiro atoms. The molecule has 0 amide bonds. The van der Waals surface area contributed by atoms with Gasteiger partial charge in [0.05, 0.1) is 6.10 Å². The van der Waals surface area contributed by atoms with E-state index in [2.05, 4.69) is 48.1 Å². The first kappa shape index (κ1) is 16.2. The van der Waals surface area contributed by atoms with Gasteiger partial charge in [0.2, 0.25) is 0 Å². The summed E-state index contributed by atoms with van der Waals surface area (Å²) in [6.45, 7) is 10.5. The van der Waals surface area contributed by atoms with Gasteiger partial charge < -0.3 is 15.0 Å². The number of nitrogens with one attached hydrogen (secondary N) is 1. The largest absolute Gasteiger partial charge is 0.376 e. The topological polar surface area (TPSA) is 37.4 Å². The molecule has 2 atom stereocenters. The highest BCUT2D eigenvalue weighted by Gasteiger charge is 2.19. The third kappa shape index (κ3) is 4.68. The van der Waals surface area contributed by atoms with Gasteiger partial charge in [-0.3, -0.25) is 0 Å². The molecule has 0 aliphatic carbocycles. The molecule has 118 valence electrons. The Morgan fingerprint density at radius 3 is 3.00 bits per heavy atom. The monoisotopic (exact) mass is 291 g/mol. The molecule has 2 heterocycles. The van der Waals surface area contributed by atoms with Crippen molar-refractivity contribution in [3.05, 3.63) is 23.9 Å². The van der Waals surface area contributed by atoms with Crippen LogP contribution in [0.4, 0.5) is 5.82 Å². The van der Waals surface area contributed by atoms with Crippen molar-refractivity contribution in [3.63, 3.8) is 0 Å². The van der Waals surface area contributed by atoms with Crippen LogP contribution in [0.5, 0.6) is 0 Å². The lowest BCUT2D eigenvalue weighted by atomic mass is 10.1. The molecule has 0 saturated carbocycles.